The number of hydrogen-bond donors (Lipinski definition) is 2. The summed E-state index contributed by atoms with van der Waals surface area (Å²) >= 11 is 1.24. The first-order valence-electron chi connectivity index (χ1n) is 8.78. The van der Waals surface area contributed by atoms with E-state index in [1.165, 1.54) is 26.0 Å². The van der Waals surface area contributed by atoms with Crippen LogP contribution < -0.4 is 10.1 Å². The zero-order chi connectivity index (χ0) is 21.6. The minimum Gasteiger partial charge on any atom is -0.483 e. The molecule has 1 amide bonds. The number of amides is 1. The maximum absolute atomic E-state index is 12.8. The number of fused-ring (bicyclic) bond motifs is 1. The summed E-state index contributed by atoms with van der Waals surface area (Å²) in [5.41, 5.74) is 0.454. The van der Waals surface area contributed by atoms with Gasteiger partial charge in [-0.15, -0.1) is 18.2 Å². The van der Waals surface area contributed by atoms with Gasteiger partial charge in [0.1, 0.15) is 11.3 Å². The van der Waals surface area contributed by atoms with Crippen LogP contribution in [0, 0.1) is 24.7 Å². The fourth-order valence-corrected chi connectivity index (χ4v) is 3.36. The van der Waals surface area contributed by atoms with E-state index >= 15 is 0 Å². The molecule has 2 unspecified atom stereocenters. The number of nitrogens with one attached hydrogen (secondary N) is 2. The van der Waals surface area contributed by atoms with Crippen molar-refractivity contribution in [2.45, 2.75) is 24.8 Å². The highest BCUT2D eigenvalue weighted by atomic mass is 32.2. The summed E-state index contributed by atoms with van der Waals surface area (Å²) in [6.45, 7) is 3.66. The first kappa shape index (κ1) is 22.5. The Morgan fingerprint density at radius 1 is 1.41 bits per heavy atom. The largest absolute Gasteiger partial charge is 0.483 e. The average molecular weight is 416 g/mol. The van der Waals surface area contributed by atoms with Crippen LogP contribution in [0.15, 0.2) is 24.4 Å². The van der Waals surface area contributed by atoms with Crippen molar-refractivity contribution in [1.29, 1.82) is 5.41 Å². The number of carbonyl (C=O) groups is 1. The lowest BCUT2D eigenvalue weighted by Gasteiger charge is -2.30. The molecular weight excluding hydrogens is 390 g/mol. The van der Waals surface area contributed by atoms with Crippen LogP contribution in [0.3, 0.4) is 0 Å². The van der Waals surface area contributed by atoms with Crippen LogP contribution in [0.2, 0.25) is 0 Å². The maximum Gasteiger partial charge on any atom is 0.272 e. The third-order valence-corrected chi connectivity index (χ3v) is 5.06. The molecule has 0 aliphatic rings. The highest BCUT2D eigenvalue weighted by Gasteiger charge is 2.36. The fourth-order valence-electron chi connectivity index (χ4n) is 2.88. The van der Waals surface area contributed by atoms with Gasteiger partial charge in [0.05, 0.1) is 19.2 Å². The van der Waals surface area contributed by atoms with Crippen LogP contribution in [0.1, 0.15) is 18.1 Å². The number of terminal acetylenes is 1. The summed E-state index contributed by atoms with van der Waals surface area (Å²) in [5, 5.41) is 11.6. The van der Waals surface area contributed by atoms with Crippen molar-refractivity contribution in [3.63, 3.8) is 0 Å². The molecule has 0 bridgehead atoms. The summed E-state index contributed by atoms with van der Waals surface area (Å²) in [6.07, 6.45) is 8.88. The molecule has 1 aromatic carbocycles. The van der Waals surface area contributed by atoms with Crippen molar-refractivity contribution in [2.75, 3.05) is 27.1 Å². The van der Waals surface area contributed by atoms with Crippen molar-refractivity contribution in [1.82, 2.24) is 10.3 Å². The predicted molar refractivity (Wildman–Crippen MR) is 116 cm³/mol. The number of aryl methyl sites for hydroxylation is 1. The molecule has 0 spiro atoms. The molecule has 2 atom stereocenters. The van der Waals surface area contributed by atoms with E-state index in [-0.39, 0.29) is 12.5 Å². The molecule has 29 heavy (non-hydrogen) atoms. The van der Waals surface area contributed by atoms with Crippen LogP contribution in [0.25, 0.3) is 10.9 Å². The number of methoxy groups -OCH3 is 2. The Labute approximate surface area is 175 Å². The zero-order valence-electron chi connectivity index (χ0n) is 17.2. The first-order chi connectivity index (χ1) is 13.8. The number of thioether (sulfide) groups is 1. The van der Waals surface area contributed by atoms with Crippen molar-refractivity contribution in [3.8, 4) is 18.1 Å². The molecule has 2 N–H and O–H groups in total. The van der Waals surface area contributed by atoms with E-state index < -0.39 is 16.9 Å². The Morgan fingerprint density at radius 3 is 2.72 bits per heavy atom. The standard InChI is InChI=1S/C21H25N3O4S/c1-7-14-9-15-10-16(8-13(2)17(15)23-11-14)28-19(29-6)18(25)24-21(3,12-26-4)20(22)27-5/h1,8-11,19,22H,12H2,2-6H3,(H,24,25). The van der Waals surface area contributed by atoms with E-state index in [9.17, 15) is 4.79 Å². The minimum atomic E-state index is -1.11. The van der Waals surface area contributed by atoms with Gasteiger partial charge in [0.2, 0.25) is 11.3 Å². The van der Waals surface area contributed by atoms with E-state index in [4.69, 9.17) is 26.0 Å². The number of carbonyl (C=O) groups excluding carboxylic acids is 1. The monoisotopic (exact) mass is 415 g/mol. The summed E-state index contributed by atoms with van der Waals surface area (Å²) in [6, 6.07) is 5.48. The predicted octanol–water partition coefficient (Wildman–Crippen LogP) is 2.74. The van der Waals surface area contributed by atoms with E-state index in [0.29, 0.717) is 11.3 Å². The van der Waals surface area contributed by atoms with Gasteiger partial charge in [-0.1, -0.05) is 5.92 Å². The van der Waals surface area contributed by atoms with E-state index in [1.54, 1.807) is 25.4 Å². The Morgan fingerprint density at radius 2 is 2.14 bits per heavy atom. The Hall–Kier alpha value is -2.76. The van der Waals surface area contributed by atoms with E-state index in [2.05, 4.69) is 16.2 Å². The number of aromatic nitrogens is 1. The molecular formula is C21H25N3O4S. The van der Waals surface area contributed by atoms with Crippen molar-refractivity contribution >= 4 is 34.5 Å². The van der Waals surface area contributed by atoms with Gasteiger partial charge in [-0.3, -0.25) is 15.2 Å². The maximum atomic E-state index is 12.8. The third-order valence-electron chi connectivity index (χ3n) is 4.32. The second kappa shape index (κ2) is 9.63. The number of hydrogen-bond acceptors (Lipinski definition) is 7. The molecule has 0 fully saturated rings. The molecule has 0 saturated heterocycles. The quantitative estimate of drug-likeness (QED) is 0.298. The van der Waals surface area contributed by atoms with E-state index in [0.717, 1.165) is 16.5 Å². The molecule has 2 aromatic rings. The Balaban J connectivity index is 2.27. The normalized spacial score (nSPS) is 13.8. The zero-order valence-corrected chi connectivity index (χ0v) is 18.0. The van der Waals surface area contributed by atoms with Gasteiger partial charge in [-0.25, -0.2) is 0 Å². The van der Waals surface area contributed by atoms with Crippen molar-refractivity contribution in [2.24, 2.45) is 0 Å². The number of ether oxygens (including phenoxy) is 3. The van der Waals surface area contributed by atoms with Crippen LogP contribution >= 0.6 is 11.8 Å². The van der Waals surface area contributed by atoms with Gasteiger partial charge in [0.15, 0.2) is 0 Å². The molecule has 1 aromatic heterocycles. The Kier molecular flexibility index (Phi) is 7.48. The number of pyridine rings is 1. The highest BCUT2D eigenvalue weighted by molar-refractivity contribution is 7.99. The first-order valence-corrected chi connectivity index (χ1v) is 10.1. The molecule has 0 saturated carbocycles. The second-order valence-electron chi connectivity index (χ2n) is 6.65. The molecule has 2 rings (SSSR count). The third kappa shape index (κ3) is 5.19. The van der Waals surface area contributed by atoms with Crippen molar-refractivity contribution in [3.05, 3.63) is 35.5 Å². The highest BCUT2D eigenvalue weighted by Crippen LogP contribution is 2.26. The minimum absolute atomic E-state index is 0.0854. The Bertz CT molecular complexity index is 957. The van der Waals surface area contributed by atoms with Gasteiger partial charge < -0.3 is 19.5 Å². The van der Waals surface area contributed by atoms with Gasteiger partial charge in [-0.2, -0.15) is 0 Å². The van der Waals surface area contributed by atoms with Crippen LogP contribution in [0.5, 0.6) is 5.75 Å². The number of nitrogens with zero attached hydrogens (tertiary/aromatic N) is 1. The molecule has 154 valence electrons. The smallest absolute Gasteiger partial charge is 0.272 e. The number of rotatable bonds is 8. The molecule has 0 aliphatic carbocycles. The second-order valence-corrected chi connectivity index (χ2v) is 7.55. The topological polar surface area (TPSA) is 93.5 Å². The van der Waals surface area contributed by atoms with Crippen molar-refractivity contribution < 1.29 is 19.0 Å². The fraction of sp³-hybridized carbons (Fsp3) is 0.381. The van der Waals surface area contributed by atoms with Gasteiger partial charge in [-0.05, 0) is 43.9 Å². The molecule has 8 heteroatoms. The summed E-state index contributed by atoms with van der Waals surface area (Å²) in [7, 11) is 2.87. The molecule has 1 heterocycles. The molecule has 7 nitrogen and oxygen atoms in total. The van der Waals surface area contributed by atoms with E-state index in [1.807, 2.05) is 19.1 Å². The number of benzene rings is 1. The van der Waals surface area contributed by atoms with Crippen LogP contribution in [0.4, 0.5) is 0 Å². The average Bonchev–Trinajstić information content (AvgIpc) is 2.70. The molecule has 0 aliphatic heterocycles. The lowest BCUT2D eigenvalue weighted by molar-refractivity contribution is -0.126. The summed E-state index contributed by atoms with van der Waals surface area (Å²) < 4.78 is 16.1. The SMILES string of the molecule is C#Cc1cnc2c(C)cc(OC(SC)C(=O)NC(C)(COC)C(=N)OC)cc2c1. The van der Waals surface area contributed by atoms with Gasteiger partial charge in [0.25, 0.3) is 5.91 Å². The van der Waals surface area contributed by atoms with Crippen LogP contribution in [-0.4, -0.2) is 54.8 Å². The summed E-state index contributed by atoms with van der Waals surface area (Å²) in [4.78, 5) is 17.2. The van der Waals surface area contributed by atoms with Gasteiger partial charge >= 0.3 is 0 Å². The summed E-state index contributed by atoms with van der Waals surface area (Å²) in [5.74, 6) is 2.59. The van der Waals surface area contributed by atoms with Crippen LogP contribution in [-0.2, 0) is 14.3 Å². The lowest BCUT2D eigenvalue weighted by atomic mass is 10.0. The molecule has 0 radical (unpaired) electrons. The van der Waals surface area contributed by atoms with Gasteiger partial charge in [0, 0.05) is 24.3 Å². The lowest BCUT2D eigenvalue weighted by Crippen LogP contribution is -2.58.